The number of benzene rings is 1. The Balaban J connectivity index is 1.65. The summed E-state index contributed by atoms with van der Waals surface area (Å²) in [6.45, 7) is 4.57. The standard InChI is InChI=1S/C18H23N3O2S/c1-3-15-17(24-10-20-15)13-6-4-12(5-7-13)11(2)21-18(23)16-8-14(22)9-19-16/h4-7,10-11,14,16,19,22H,3,8-9H2,1-2H3,(H,21,23)/t11?,14-,16+/m1/s1. The minimum atomic E-state index is -0.428. The predicted molar refractivity (Wildman–Crippen MR) is 95.9 cm³/mol. The number of rotatable bonds is 5. The molecule has 0 saturated carbocycles. The van der Waals surface area contributed by atoms with Crippen molar-refractivity contribution in [2.45, 2.75) is 44.9 Å². The molecule has 1 fully saturated rings. The number of β-amino-alcohol motifs (C(OH)–C–C–N with tert-alkyl or cyclic N) is 1. The minimum absolute atomic E-state index is 0.0566. The monoisotopic (exact) mass is 345 g/mol. The lowest BCUT2D eigenvalue weighted by molar-refractivity contribution is -0.123. The quantitative estimate of drug-likeness (QED) is 0.777. The van der Waals surface area contributed by atoms with Gasteiger partial charge in [-0.2, -0.15) is 0 Å². The van der Waals surface area contributed by atoms with Gasteiger partial charge < -0.3 is 15.7 Å². The van der Waals surface area contributed by atoms with Crippen LogP contribution in [0.5, 0.6) is 0 Å². The highest BCUT2D eigenvalue weighted by atomic mass is 32.1. The molecular formula is C18H23N3O2S. The molecule has 1 aromatic carbocycles. The lowest BCUT2D eigenvalue weighted by Crippen LogP contribution is -2.41. The Morgan fingerprint density at radius 3 is 2.83 bits per heavy atom. The van der Waals surface area contributed by atoms with Crippen molar-refractivity contribution in [1.82, 2.24) is 15.6 Å². The zero-order valence-corrected chi connectivity index (χ0v) is 14.8. The van der Waals surface area contributed by atoms with Crippen LogP contribution < -0.4 is 10.6 Å². The molecule has 3 rings (SSSR count). The van der Waals surface area contributed by atoms with E-state index in [9.17, 15) is 9.90 Å². The van der Waals surface area contributed by atoms with E-state index in [4.69, 9.17) is 0 Å². The van der Waals surface area contributed by atoms with Gasteiger partial charge >= 0.3 is 0 Å². The third kappa shape index (κ3) is 3.66. The number of aliphatic hydroxyl groups excluding tert-OH is 1. The van der Waals surface area contributed by atoms with Gasteiger partial charge in [-0.1, -0.05) is 31.2 Å². The minimum Gasteiger partial charge on any atom is -0.392 e. The molecular weight excluding hydrogens is 322 g/mol. The van der Waals surface area contributed by atoms with Gasteiger partial charge in [0.05, 0.1) is 34.3 Å². The van der Waals surface area contributed by atoms with E-state index in [2.05, 4.69) is 46.8 Å². The Hall–Kier alpha value is -1.76. The van der Waals surface area contributed by atoms with Gasteiger partial charge in [-0.15, -0.1) is 11.3 Å². The number of amides is 1. The fourth-order valence-electron chi connectivity index (χ4n) is 2.99. The Bertz CT molecular complexity index is 699. The van der Waals surface area contributed by atoms with Crippen LogP contribution in [0.1, 0.15) is 37.6 Å². The third-order valence-electron chi connectivity index (χ3n) is 4.43. The van der Waals surface area contributed by atoms with Gasteiger partial charge in [0.1, 0.15) is 0 Å². The molecule has 1 unspecified atom stereocenters. The average Bonchev–Trinajstić information content (AvgIpc) is 3.23. The summed E-state index contributed by atoms with van der Waals surface area (Å²) >= 11 is 1.66. The molecule has 0 aliphatic carbocycles. The van der Waals surface area contributed by atoms with Crippen LogP contribution in [0.3, 0.4) is 0 Å². The van der Waals surface area contributed by atoms with Gasteiger partial charge in [0.2, 0.25) is 5.91 Å². The maximum Gasteiger partial charge on any atom is 0.237 e. The summed E-state index contributed by atoms with van der Waals surface area (Å²) in [4.78, 5) is 17.8. The van der Waals surface area contributed by atoms with Crippen molar-refractivity contribution in [2.24, 2.45) is 0 Å². The van der Waals surface area contributed by atoms with Gasteiger partial charge in [-0.05, 0) is 30.9 Å². The summed E-state index contributed by atoms with van der Waals surface area (Å²) in [6, 6.07) is 7.90. The van der Waals surface area contributed by atoms with E-state index < -0.39 is 6.10 Å². The average molecular weight is 345 g/mol. The molecule has 3 atom stereocenters. The van der Waals surface area contributed by atoms with E-state index in [0.29, 0.717) is 13.0 Å². The second kappa shape index (κ2) is 7.42. The van der Waals surface area contributed by atoms with Crippen LogP contribution in [0, 0.1) is 0 Å². The number of carbonyl (C=O) groups excluding carboxylic acids is 1. The summed E-state index contributed by atoms with van der Waals surface area (Å²) < 4.78 is 0. The van der Waals surface area contributed by atoms with E-state index in [-0.39, 0.29) is 18.0 Å². The van der Waals surface area contributed by atoms with Crippen molar-refractivity contribution in [2.75, 3.05) is 6.54 Å². The third-order valence-corrected chi connectivity index (χ3v) is 5.35. The summed E-state index contributed by atoms with van der Waals surface area (Å²) in [5.74, 6) is -0.0566. The molecule has 3 N–H and O–H groups in total. The molecule has 1 amide bonds. The number of nitrogens with zero attached hydrogens (tertiary/aromatic N) is 1. The van der Waals surface area contributed by atoms with Crippen molar-refractivity contribution < 1.29 is 9.90 Å². The smallest absolute Gasteiger partial charge is 0.237 e. The molecule has 0 spiro atoms. The van der Waals surface area contributed by atoms with E-state index >= 15 is 0 Å². The maximum absolute atomic E-state index is 12.2. The number of aryl methyl sites for hydroxylation is 1. The van der Waals surface area contributed by atoms with Crippen molar-refractivity contribution in [3.8, 4) is 10.4 Å². The normalized spacial score (nSPS) is 21.6. The fraction of sp³-hybridized carbons (Fsp3) is 0.444. The molecule has 1 aromatic heterocycles. The topological polar surface area (TPSA) is 74.2 Å². The number of carbonyl (C=O) groups is 1. The Morgan fingerprint density at radius 1 is 1.46 bits per heavy atom. The van der Waals surface area contributed by atoms with Crippen LogP contribution in [-0.2, 0) is 11.2 Å². The first kappa shape index (κ1) is 17.1. The highest BCUT2D eigenvalue weighted by Crippen LogP contribution is 2.29. The summed E-state index contributed by atoms with van der Waals surface area (Å²) in [7, 11) is 0. The summed E-state index contributed by atoms with van der Waals surface area (Å²) in [5.41, 5.74) is 5.24. The van der Waals surface area contributed by atoms with E-state index in [1.807, 2.05) is 12.4 Å². The summed E-state index contributed by atoms with van der Waals surface area (Å²) in [6.07, 6.45) is 0.971. The highest BCUT2D eigenvalue weighted by Gasteiger charge is 2.28. The largest absolute Gasteiger partial charge is 0.392 e. The van der Waals surface area contributed by atoms with Crippen LogP contribution in [-0.4, -0.2) is 34.7 Å². The second-order valence-electron chi connectivity index (χ2n) is 6.18. The molecule has 128 valence electrons. The number of hydrogen-bond acceptors (Lipinski definition) is 5. The Kier molecular flexibility index (Phi) is 5.28. The SMILES string of the molecule is CCc1ncsc1-c1ccc(C(C)NC(=O)[C@@H]2C[C@@H](O)CN2)cc1. The lowest BCUT2D eigenvalue weighted by Gasteiger charge is -2.18. The Morgan fingerprint density at radius 2 is 2.21 bits per heavy atom. The van der Waals surface area contributed by atoms with Crippen LogP contribution in [0.15, 0.2) is 29.8 Å². The molecule has 24 heavy (non-hydrogen) atoms. The molecule has 0 radical (unpaired) electrons. The van der Waals surface area contributed by atoms with Crippen molar-refractivity contribution in [3.63, 3.8) is 0 Å². The molecule has 0 bridgehead atoms. The van der Waals surface area contributed by atoms with E-state index in [0.717, 1.165) is 23.2 Å². The zero-order valence-electron chi connectivity index (χ0n) is 14.0. The van der Waals surface area contributed by atoms with Crippen molar-refractivity contribution in [1.29, 1.82) is 0 Å². The molecule has 1 aliphatic rings. The van der Waals surface area contributed by atoms with Crippen molar-refractivity contribution in [3.05, 3.63) is 41.0 Å². The first-order chi connectivity index (χ1) is 11.6. The molecule has 5 nitrogen and oxygen atoms in total. The van der Waals surface area contributed by atoms with Gasteiger partial charge in [0, 0.05) is 6.54 Å². The predicted octanol–water partition coefficient (Wildman–Crippen LogP) is 2.27. The molecule has 1 saturated heterocycles. The first-order valence-corrected chi connectivity index (χ1v) is 9.21. The molecule has 2 aromatic rings. The number of aromatic nitrogens is 1. The van der Waals surface area contributed by atoms with Crippen LogP contribution >= 0.6 is 11.3 Å². The van der Waals surface area contributed by atoms with E-state index in [1.54, 1.807) is 11.3 Å². The zero-order chi connectivity index (χ0) is 17.1. The molecule has 6 heteroatoms. The second-order valence-corrected chi connectivity index (χ2v) is 7.04. The van der Waals surface area contributed by atoms with Crippen molar-refractivity contribution >= 4 is 17.2 Å². The fourth-order valence-corrected chi connectivity index (χ4v) is 3.88. The van der Waals surface area contributed by atoms with E-state index in [1.165, 1.54) is 4.88 Å². The van der Waals surface area contributed by atoms with Gasteiger partial charge in [-0.25, -0.2) is 4.98 Å². The Labute approximate surface area is 146 Å². The van der Waals surface area contributed by atoms with Crippen LogP contribution in [0.2, 0.25) is 0 Å². The number of thiazole rings is 1. The maximum atomic E-state index is 12.2. The van der Waals surface area contributed by atoms with Gasteiger partial charge in [0.15, 0.2) is 0 Å². The molecule has 1 aliphatic heterocycles. The summed E-state index contributed by atoms with van der Waals surface area (Å²) in [5, 5.41) is 15.6. The van der Waals surface area contributed by atoms with Crippen LogP contribution in [0.25, 0.3) is 10.4 Å². The van der Waals surface area contributed by atoms with Crippen LogP contribution in [0.4, 0.5) is 0 Å². The number of aliphatic hydroxyl groups is 1. The first-order valence-electron chi connectivity index (χ1n) is 8.33. The molecule has 2 heterocycles. The van der Waals surface area contributed by atoms with Gasteiger partial charge in [0.25, 0.3) is 0 Å². The lowest BCUT2D eigenvalue weighted by atomic mass is 10.0. The number of hydrogen-bond donors (Lipinski definition) is 3. The number of nitrogens with one attached hydrogen (secondary N) is 2. The highest BCUT2D eigenvalue weighted by molar-refractivity contribution is 7.13. The van der Waals surface area contributed by atoms with Gasteiger partial charge in [-0.3, -0.25) is 4.79 Å².